The highest BCUT2D eigenvalue weighted by Gasteiger charge is 2.56. The molecule has 1 atom stereocenters. The highest BCUT2D eigenvalue weighted by Crippen LogP contribution is 2.55. The van der Waals surface area contributed by atoms with Crippen LogP contribution in [0.3, 0.4) is 0 Å². The van der Waals surface area contributed by atoms with Crippen molar-refractivity contribution in [1.82, 2.24) is 0 Å². The van der Waals surface area contributed by atoms with Crippen molar-refractivity contribution in [3.05, 3.63) is 95.0 Å². The van der Waals surface area contributed by atoms with E-state index in [-0.39, 0.29) is 11.7 Å². The molecule has 3 aromatic rings. The predicted molar refractivity (Wildman–Crippen MR) is 139 cm³/mol. The summed E-state index contributed by atoms with van der Waals surface area (Å²) in [6.45, 7) is 4.14. The summed E-state index contributed by atoms with van der Waals surface area (Å²) in [6.07, 6.45) is 0.754. The van der Waals surface area contributed by atoms with E-state index in [0.29, 0.717) is 5.02 Å². The summed E-state index contributed by atoms with van der Waals surface area (Å²) in [7, 11) is 0. The number of nitrogens with zero attached hydrogens (tertiary/aromatic N) is 4. The number of hydrogen-bond donors (Lipinski definition) is 0. The van der Waals surface area contributed by atoms with E-state index in [1.165, 1.54) is 11.8 Å². The monoisotopic (exact) mass is 490 g/mol. The quantitative estimate of drug-likeness (QED) is 0.398. The molecule has 5 rings (SSSR count). The first kappa shape index (κ1) is 22.5. The lowest BCUT2D eigenvalue weighted by Crippen LogP contribution is -2.54. The first-order valence-corrected chi connectivity index (χ1v) is 12.3. The number of halogens is 1. The van der Waals surface area contributed by atoms with Crippen LogP contribution < -0.4 is 10.0 Å². The molecule has 0 aliphatic carbocycles. The molecule has 3 aromatic carbocycles. The lowest BCUT2D eigenvalue weighted by Gasteiger charge is -2.47. The highest BCUT2D eigenvalue weighted by molar-refractivity contribution is 8.16. The highest BCUT2D eigenvalue weighted by atomic mass is 35.5. The zero-order valence-corrected chi connectivity index (χ0v) is 20.4. The Morgan fingerprint density at radius 2 is 1.65 bits per heavy atom. The molecule has 0 aromatic heterocycles. The van der Waals surface area contributed by atoms with Crippen molar-refractivity contribution in [3.63, 3.8) is 0 Å². The van der Waals surface area contributed by atoms with Crippen LogP contribution in [-0.4, -0.2) is 23.3 Å². The second-order valence-corrected chi connectivity index (χ2v) is 9.32. The molecule has 0 fully saturated rings. The molecule has 2 aliphatic heterocycles. The van der Waals surface area contributed by atoms with E-state index in [2.05, 4.69) is 19.1 Å². The molecule has 172 valence electrons. The minimum atomic E-state index is -0.997. The van der Waals surface area contributed by atoms with Crippen LogP contribution in [0.25, 0.3) is 0 Å². The number of benzene rings is 3. The zero-order valence-electron chi connectivity index (χ0n) is 18.8. The van der Waals surface area contributed by atoms with Crippen LogP contribution in [0.1, 0.15) is 31.4 Å². The Morgan fingerprint density at radius 3 is 2.38 bits per heavy atom. The smallest absolute Gasteiger partial charge is 0.365 e. The molecule has 0 unspecified atom stereocenters. The van der Waals surface area contributed by atoms with Crippen LogP contribution in [-0.2, 0) is 14.5 Å². The molecular weight excluding hydrogens is 468 g/mol. The van der Waals surface area contributed by atoms with Gasteiger partial charge in [0.2, 0.25) is 10.0 Å². The normalized spacial score (nSPS) is 19.0. The molecule has 1 spiro atoms. The van der Waals surface area contributed by atoms with Gasteiger partial charge in [0.1, 0.15) is 0 Å². The molecular formula is C26H23ClN4O2S. The van der Waals surface area contributed by atoms with Gasteiger partial charge in [0.05, 0.1) is 23.7 Å². The number of anilines is 2. The Morgan fingerprint density at radius 1 is 0.941 bits per heavy atom. The third-order valence-corrected chi connectivity index (χ3v) is 7.18. The van der Waals surface area contributed by atoms with Gasteiger partial charge in [-0.15, -0.1) is 0 Å². The number of rotatable bonds is 5. The van der Waals surface area contributed by atoms with Gasteiger partial charge in [-0.05, 0) is 55.4 Å². The van der Waals surface area contributed by atoms with Gasteiger partial charge in [-0.25, -0.2) is 14.8 Å². The van der Waals surface area contributed by atoms with E-state index < -0.39 is 11.0 Å². The average molecular weight is 491 g/mol. The molecule has 8 heteroatoms. The maximum Gasteiger partial charge on any atom is 0.365 e. The summed E-state index contributed by atoms with van der Waals surface area (Å²) in [5.74, 6) is -0.466. The number of thioether (sulfide) groups is 1. The summed E-state index contributed by atoms with van der Waals surface area (Å²) in [6, 6.07) is 25.5. The summed E-state index contributed by atoms with van der Waals surface area (Å²) in [5.41, 5.74) is 4.59. The number of hydrazone groups is 2. The summed E-state index contributed by atoms with van der Waals surface area (Å²) >= 11 is 7.71. The van der Waals surface area contributed by atoms with E-state index >= 15 is 0 Å². The van der Waals surface area contributed by atoms with Gasteiger partial charge in [0, 0.05) is 16.1 Å². The van der Waals surface area contributed by atoms with Crippen LogP contribution >= 0.6 is 23.4 Å². The largest absolute Gasteiger partial charge is 0.461 e. The van der Waals surface area contributed by atoms with Crippen molar-refractivity contribution in [2.45, 2.75) is 25.3 Å². The second kappa shape index (κ2) is 9.16. The van der Waals surface area contributed by atoms with E-state index in [4.69, 9.17) is 26.5 Å². The Labute approximate surface area is 207 Å². The van der Waals surface area contributed by atoms with E-state index in [0.717, 1.165) is 34.6 Å². The molecule has 34 heavy (non-hydrogen) atoms. The number of ether oxygens (including phenoxy) is 1. The van der Waals surface area contributed by atoms with Gasteiger partial charge < -0.3 is 4.74 Å². The first-order valence-electron chi connectivity index (χ1n) is 11.1. The maximum absolute atomic E-state index is 12.9. The average Bonchev–Trinajstić information content (AvgIpc) is 3.26. The van der Waals surface area contributed by atoms with Crippen molar-refractivity contribution in [1.29, 1.82) is 0 Å². The number of carbonyl (C=O) groups is 1. The van der Waals surface area contributed by atoms with Crippen molar-refractivity contribution in [2.75, 3.05) is 16.6 Å². The first-order chi connectivity index (χ1) is 16.6. The van der Waals surface area contributed by atoms with Crippen molar-refractivity contribution >= 4 is 51.5 Å². The predicted octanol–water partition coefficient (Wildman–Crippen LogP) is 6.21. The molecule has 2 aliphatic rings. The van der Waals surface area contributed by atoms with E-state index in [9.17, 15) is 4.79 Å². The Bertz CT molecular complexity index is 1300. The Balaban J connectivity index is 1.80. The van der Waals surface area contributed by atoms with Crippen LogP contribution in [0.2, 0.25) is 5.02 Å². The molecule has 2 heterocycles. The number of esters is 1. The third kappa shape index (κ3) is 3.65. The van der Waals surface area contributed by atoms with Crippen molar-refractivity contribution in [3.8, 4) is 0 Å². The van der Waals surface area contributed by atoms with E-state index in [1.807, 2.05) is 76.7 Å². The molecule has 0 bridgehead atoms. The topological polar surface area (TPSA) is 57.5 Å². The number of carbonyl (C=O) groups excluding carboxylic acids is 1. The van der Waals surface area contributed by atoms with Crippen molar-refractivity contribution in [2.24, 2.45) is 10.2 Å². The van der Waals surface area contributed by atoms with Crippen LogP contribution in [0.5, 0.6) is 0 Å². The molecule has 0 N–H and O–H groups in total. The fourth-order valence-electron chi connectivity index (χ4n) is 4.21. The third-order valence-electron chi connectivity index (χ3n) is 5.65. The SMILES string of the molecule is CCOC(=O)C1=NN(c2cccc(Cl)c2)[C@@]2(S1)c1ccccc1C(CC)=NN2c1ccccc1. The molecule has 0 saturated carbocycles. The lowest BCUT2D eigenvalue weighted by atomic mass is 9.96. The molecule has 0 saturated heterocycles. The number of fused-ring (bicyclic) bond motifs is 2. The van der Waals surface area contributed by atoms with Gasteiger partial charge in [-0.3, -0.25) is 0 Å². The Hall–Kier alpha value is -3.29. The fourth-order valence-corrected chi connectivity index (χ4v) is 5.69. The second-order valence-electron chi connectivity index (χ2n) is 7.72. The van der Waals surface area contributed by atoms with Crippen molar-refractivity contribution < 1.29 is 9.53 Å². The molecule has 0 amide bonds. The molecule has 0 radical (unpaired) electrons. The fraction of sp³-hybridized carbons (Fsp3) is 0.192. The minimum Gasteiger partial charge on any atom is -0.461 e. The summed E-state index contributed by atoms with van der Waals surface area (Å²) in [4.78, 5) is 11.9. The standard InChI is InChI=1S/C26H23ClN4O2S/c1-3-23-21-15-8-9-16-22(21)26(30(28-23)19-12-6-5-7-13-19)31(20-14-10-11-18(27)17-20)29-24(34-26)25(32)33-4-2/h5-17H,3-4H2,1-2H3/t26-/m1/s1. The lowest BCUT2D eigenvalue weighted by molar-refractivity contribution is -0.134. The van der Waals surface area contributed by atoms with Crippen LogP contribution in [0, 0.1) is 0 Å². The Kier molecular flexibility index (Phi) is 6.06. The van der Waals surface area contributed by atoms with Gasteiger partial charge in [-0.2, -0.15) is 10.2 Å². The number of hydrogen-bond acceptors (Lipinski definition) is 7. The van der Waals surface area contributed by atoms with Gasteiger partial charge >= 0.3 is 5.97 Å². The van der Waals surface area contributed by atoms with Crippen LogP contribution in [0.4, 0.5) is 11.4 Å². The maximum atomic E-state index is 12.9. The molecule has 6 nitrogen and oxygen atoms in total. The van der Waals surface area contributed by atoms with Gasteiger partial charge in [-0.1, -0.05) is 67.1 Å². The van der Waals surface area contributed by atoms with Gasteiger partial charge in [0.15, 0.2) is 0 Å². The summed E-state index contributed by atoms with van der Waals surface area (Å²) in [5, 5.41) is 14.5. The van der Waals surface area contributed by atoms with E-state index in [1.54, 1.807) is 6.92 Å². The van der Waals surface area contributed by atoms with Crippen LogP contribution in [0.15, 0.2) is 89.1 Å². The number of para-hydroxylation sites is 1. The minimum absolute atomic E-state index is 0.257. The summed E-state index contributed by atoms with van der Waals surface area (Å²) < 4.78 is 5.34. The van der Waals surface area contributed by atoms with Gasteiger partial charge in [0.25, 0.3) is 0 Å². The zero-order chi connectivity index (χ0) is 23.7.